The van der Waals surface area contributed by atoms with Crippen LogP contribution in [-0.4, -0.2) is 22.4 Å². The molecule has 0 saturated heterocycles. The number of carbonyl (C=O) groups excluding carboxylic acids is 1. The van der Waals surface area contributed by atoms with E-state index in [1.54, 1.807) is 34.6 Å². The normalized spacial score (nSPS) is 13.8. The molecule has 0 saturated carbocycles. The maximum absolute atomic E-state index is 13.0. The molecule has 0 radical (unpaired) electrons. The number of hydrogen-bond donors (Lipinski definition) is 2. The van der Waals surface area contributed by atoms with E-state index in [2.05, 4.69) is 5.32 Å². The number of ether oxygens (including phenoxy) is 1. The van der Waals surface area contributed by atoms with Crippen molar-refractivity contribution in [1.82, 2.24) is 5.32 Å². The topological polar surface area (TPSA) is 58.6 Å². The molecular formula is C15H22FNO3. The molecular weight excluding hydrogens is 261 g/mol. The molecule has 2 N–H and O–H groups in total. The second-order valence-corrected chi connectivity index (χ2v) is 6.28. The molecule has 0 unspecified atom stereocenters. The predicted molar refractivity (Wildman–Crippen MR) is 74.8 cm³/mol. The maximum atomic E-state index is 13.0. The van der Waals surface area contributed by atoms with Crippen LogP contribution in [0.25, 0.3) is 0 Å². The maximum Gasteiger partial charge on any atom is 0.408 e. The molecule has 0 aromatic heterocycles. The number of halogens is 1. The number of benzene rings is 1. The summed E-state index contributed by atoms with van der Waals surface area (Å²) in [5.74, 6) is -0.375. The second-order valence-electron chi connectivity index (χ2n) is 6.28. The zero-order chi connectivity index (χ0) is 15.6. The number of aliphatic hydroxyl groups is 1. The van der Waals surface area contributed by atoms with E-state index in [0.29, 0.717) is 5.56 Å². The third kappa shape index (κ3) is 5.17. The number of nitrogens with one attached hydrogen (secondary N) is 1. The van der Waals surface area contributed by atoms with E-state index >= 15 is 0 Å². The average molecular weight is 283 g/mol. The van der Waals surface area contributed by atoms with Crippen molar-refractivity contribution in [1.29, 1.82) is 0 Å². The van der Waals surface area contributed by atoms with Crippen LogP contribution in [0.1, 0.15) is 46.2 Å². The summed E-state index contributed by atoms with van der Waals surface area (Å²) < 4.78 is 18.1. The molecule has 1 aromatic rings. The number of amides is 1. The highest BCUT2D eigenvalue weighted by molar-refractivity contribution is 5.68. The van der Waals surface area contributed by atoms with Crippen molar-refractivity contribution < 1.29 is 19.0 Å². The van der Waals surface area contributed by atoms with Gasteiger partial charge in [0.15, 0.2) is 0 Å². The Labute approximate surface area is 119 Å². The van der Waals surface area contributed by atoms with Gasteiger partial charge in [0.25, 0.3) is 0 Å². The first-order chi connectivity index (χ1) is 8.99. The summed E-state index contributed by atoms with van der Waals surface area (Å²) in [6.45, 7) is 8.40. The van der Waals surface area contributed by atoms with Crippen molar-refractivity contribution in [2.45, 2.75) is 51.9 Å². The number of alkyl carbamates (subject to hydrolysis) is 1. The van der Waals surface area contributed by atoms with Crippen LogP contribution in [0, 0.1) is 5.82 Å². The molecule has 112 valence electrons. The van der Waals surface area contributed by atoms with E-state index in [1.165, 1.54) is 24.3 Å². The molecule has 0 fully saturated rings. The quantitative estimate of drug-likeness (QED) is 0.895. The predicted octanol–water partition coefficient (Wildman–Crippen LogP) is 3.16. The van der Waals surface area contributed by atoms with Gasteiger partial charge in [-0.1, -0.05) is 12.1 Å². The molecule has 1 atom stereocenters. The first kappa shape index (κ1) is 16.4. The van der Waals surface area contributed by atoms with Crippen molar-refractivity contribution in [2.75, 3.05) is 0 Å². The molecule has 1 aromatic carbocycles. The summed E-state index contributed by atoms with van der Waals surface area (Å²) in [5, 5.41) is 12.8. The van der Waals surface area contributed by atoms with E-state index < -0.39 is 23.3 Å². The van der Waals surface area contributed by atoms with Crippen LogP contribution in [-0.2, 0) is 4.74 Å². The first-order valence-corrected chi connectivity index (χ1v) is 6.46. The van der Waals surface area contributed by atoms with Gasteiger partial charge in [0.2, 0.25) is 0 Å². The van der Waals surface area contributed by atoms with Crippen molar-refractivity contribution in [2.24, 2.45) is 0 Å². The zero-order valence-electron chi connectivity index (χ0n) is 12.5. The van der Waals surface area contributed by atoms with Crippen molar-refractivity contribution in [3.8, 4) is 0 Å². The first-order valence-electron chi connectivity index (χ1n) is 6.46. The third-order valence-electron chi connectivity index (χ3n) is 2.57. The Morgan fingerprint density at radius 1 is 1.20 bits per heavy atom. The Balaban J connectivity index is 2.92. The van der Waals surface area contributed by atoms with Crippen molar-refractivity contribution in [3.63, 3.8) is 0 Å². The molecule has 1 amide bonds. The monoisotopic (exact) mass is 283 g/mol. The largest absolute Gasteiger partial charge is 0.444 e. The number of hydrogen-bond acceptors (Lipinski definition) is 3. The minimum atomic E-state index is -1.21. The van der Waals surface area contributed by atoms with Gasteiger partial charge in [-0.25, -0.2) is 9.18 Å². The van der Waals surface area contributed by atoms with Crippen LogP contribution < -0.4 is 5.32 Å². The zero-order valence-corrected chi connectivity index (χ0v) is 12.5. The highest BCUT2D eigenvalue weighted by Crippen LogP contribution is 2.26. The van der Waals surface area contributed by atoms with Gasteiger partial charge in [0.05, 0.1) is 11.6 Å². The van der Waals surface area contributed by atoms with Gasteiger partial charge in [0, 0.05) is 0 Å². The Morgan fingerprint density at radius 2 is 1.70 bits per heavy atom. The number of carbonyl (C=O) groups is 1. The second kappa shape index (κ2) is 5.79. The van der Waals surface area contributed by atoms with Crippen LogP contribution in [0.15, 0.2) is 24.3 Å². The van der Waals surface area contributed by atoms with Gasteiger partial charge >= 0.3 is 6.09 Å². The summed E-state index contributed by atoms with van der Waals surface area (Å²) in [5.41, 5.74) is -1.24. The van der Waals surface area contributed by atoms with E-state index in [9.17, 15) is 14.3 Å². The smallest absolute Gasteiger partial charge is 0.408 e. The summed E-state index contributed by atoms with van der Waals surface area (Å²) in [6, 6.07) is 4.92. The fourth-order valence-corrected chi connectivity index (χ4v) is 1.75. The molecule has 20 heavy (non-hydrogen) atoms. The molecule has 0 aliphatic carbocycles. The summed E-state index contributed by atoms with van der Waals surface area (Å²) in [7, 11) is 0. The van der Waals surface area contributed by atoms with Crippen molar-refractivity contribution in [3.05, 3.63) is 35.6 Å². The minimum Gasteiger partial charge on any atom is -0.444 e. The molecule has 0 aliphatic heterocycles. The Bertz CT molecular complexity index is 457. The lowest BCUT2D eigenvalue weighted by Gasteiger charge is -2.31. The number of rotatable bonds is 3. The molecule has 1 rings (SSSR count). The third-order valence-corrected chi connectivity index (χ3v) is 2.57. The molecule has 0 bridgehead atoms. The van der Waals surface area contributed by atoms with Gasteiger partial charge in [-0.05, 0) is 52.3 Å². The van der Waals surface area contributed by atoms with E-state index in [-0.39, 0.29) is 5.82 Å². The lowest BCUT2D eigenvalue weighted by Crippen LogP contribution is -2.44. The van der Waals surface area contributed by atoms with Gasteiger partial charge in [0.1, 0.15) is 11.4 Å². The fraction of sp³-hybridized carbons (Fsp3) is 0.533. The Morgan fingerprint density at radius 3 is 2.10 bits per heavy atom. The van der Waals surface area contributed by atoms with Gasteiger partial charge < -0.3 is 15.2 Å². The van der Waals surface area contributed by atoms with Gasteiger partial charge in [-0.15, -0.1) is 0 Å². The van der Waals surface area contributed by atoms with E-state index in [4.69, 9.17) is 4.74 Å². The van der Waals surface area contributed by atoms with Crippen LogP contribution in [0.2, 0.25) is 0 Å². The van der Waals surface area contributed by atoms with Crippen LogP contribution in [0.5, 0.6) is 0 Å². The summed E-state index contributed by atoms with van der Waals surface area (Å²) in [4.78, 5) is 11.8. The SMILES string of the molecule is CC(C)(C)OC(=O)N[C@H](c1ccc(F)cc1)C(C)(C)O. The van der Waals surface area contributed by atoms with Crippen LogP contribution in [0.3, 0.4) is 0 Å². The summed E-state index contributed by atoms with van der Waals surface area (Å²) >= 11 is 0. The highest BCUT2D eigenvalue weighted by Gasteiger charge is 2.31. The lowest BCUT2D eigenvalue weighted by molar-refractivity contribution is 0.0163. The standard InChI is InChI=1S/C15H22FNO3/c1-14(2,3)20-13(18)17-12(15(4,5)19)10-6-8-11(16)9-7-10/h6-9,12,19H,1-5H3,(H,17,18)/t12-/m1/s1. The minimum absolute atomic E-state index is 0.375. The fourth-order valence-electron chi connectivity index (χ4n) is 1.75. The molecule has 0 spiro atoms. The average Bonchev–Trinajstić information content (AvgIpc) is 2.23. The van der Waals surface area contributed by atoms with Gasteiger partial charge in [-0.3, -0.25) is 0 Å². The molecule has 0 aliphatic rings. The molecule has 4 nitrogen and oxygen atoms in total. The van der Waals surface area contributed by atoms with E-state index in [0.717, 1.165) is 0 Å². The Hall–Kier alpha value is -1.62. The summed E-state index contributed by atoms with van der Waals surface area (Å²) in [6.07, 6.45) is -0.631. The lowest BCUT2D eigenvalue weighted by atomic mass is 9.92. The Kier molecular flexibility index (Phi) is 4.76. The van der Waals surface area contributed by atoms with E-state index in [1.807, 2.05) is 0 Å². The van der Waals surface area contributed by atoms with Crippen LogP contribution in [0.4, 0.5) is 9.18 Å². The van der Waals surface area contributed by atoms with Gasteiger partial charge in [-0.2, -0.15) is 0 Å². The highest BCUT2D eigenvalue weighted by atomic mass is 19.1. The van der Waals surface area contributed by atoms with Crippen molar-refractivity contribution >= 4 is 6.09 Å². The molecule has 5 heteroatoms. The van der Waals surface area contributed by atoms with Crippen LogP contribution >= 0.6 is 0 Å². The molecule has 0 heterocycles.